The van der Waals surface area contributed by atoms with Gasteiger partial charge in [-0.3, -0.25) is 14.5 Å². The number of hydrogen-bond donors (Lipinski definition) is 4. The molecule has 2 heterocycles. The molecule has 2 aromatic carbocycles. The minimum Gasteiger partial charge on any atom is -0.490 e. The summed E-state index contributed by atoms with van der Waals surface area (Å²) < 4.78 is 5.71. The molecule has 9 nitrogen and oxygen atoms in total. The van der Waals surface area contributed by atoms with Crippen molar-refractivity contribution < 1.29 is 14.6 Å². The zero-order valence-electron chi connectivity index (χ0n) is 23.1. The van der Waals surface area contributed by atoms with Crippen LogP contribution >= 0.6 is 0 Å². The van der Waals surface area contributed by atoms with Crippen molar-refractivity contribution in [3.05, 3.63) is 86.8 Å². The fourth-order valence-corrected chi connectivity index (χ4v) is 3.99. The van der Waals surface area contributed by atoms with Crippen LogP contribution < -0.4 is 26.9 Å². The Morgan fingerprint density at radius 2 is 1.87 bits per heavy atom. The molecule has 0 saturated carbocycles. The number of nitrogens with one attached hydrogen (secondary N) is 1. The van der Waals surface area contributed by atoms with Gasteiger partial charge in [-0.1, -0.05) is 44.2 Å². The largest absolute Gasteiger partial charge is 0.490 e. The lowest BCUT2D eigenvalue weighted by Gasteiger charge is -2.21. The first-order chi connectivity index (χ1) is 18.1. The molecule has 0 amide bonds. The van der Waals surface area contributed by atoms with Crippen LogP contribution in [-0.2, 0) is 24.3 Å². The van der Waals surface area contributed by atoms with E-state index in [-0.39, 0.29) is 12.0 Å². The van der Waals surface area contributed by atoms with Crippen molar-refractivity contribution in [2.45, 2.75) is 53.6 Å². The van der Waals surface area contributed by atoms with Crippen LogP contribution in [0.2, 0.25) is 0 Å². The number of nitrogen functional groups attached to an aromatic ring is 1. The van der Waals surface area contributed by atoms with Gasteiger partial charge >= 0.3 is 5.97 Å². The van der Waals surface area contributed by atoms with Crippen molar-refractivity contribution in [2.24, 2.45) is 5.84 Å². The molecule has 0 atom stereocenters. The second-order valence-electron chi connectivity index (χ2n) is 9.00. The van der Waals surface area contributed by atoms with Gasteiger partial charge in [0.25, 0.3) is 0 Å². The number of anilines is 2. The van der Waals surface area contributed by atoms with Gasteiger partial charge in [0, 0.05) is 39.2 Å². The van der Waals surface area contributed by atoms with E-state index in [1.54, 1.807) is 13.1 Å². The van der Waals surface area contributed by atoms with Gasteiger partial charge in [0.05, 0.1) is 17.1 Å². The van der Waals surface area contributed by atoms with Crippen LogP contribution in [0.4, 0.5) is 11.4 Å². The van der Waals surface area contributed by atoms with Crippen LogP contribution in [-0.4, -0.2) is 41.2 Å². The second kappa shape index (κ2) is 14.8. The molecule has 0 radical (unpaired) electrons. The van der Waals surface area contributed by atoms with Gasteiger partial charge < -0.3 is 25.6 Å². The van der Waals surface area contributed by atoms with Crippen LogP contribution in [0.25, 0.3) is 0 Å². The Kier molecular flexibility index (Phi) is 11.8. The highest BCUT2D eigenvalue weighted by atomic mass is 16.5. The lowest BCUT2D eigenvalue weighted by molar-refractivity contribution is -0.136. The molecule has 1 aliphatic heterocycles. The molecule has 0 spiro atoms. The Bertz CT molecular complexity index is 1260. The van der Waals surface area contributed by atoms with Crippen LogP contribution in [0.5, 0.6) is 5.75 Å². The average Bonchev–Trinajstić information content (AvgIpc) is 3.08. The number of nitrogens with two attached hydrogens (primary N) is 2. The van der Waals surface area contributed by atoms with Crippen LogP contribution in [0.3, 0.4) is 0 Å². The summed E-state index contributed by atoms with van der Waals surface area (Å²) in [5.74, 6) is 5.48. The van der Waals surface area contributed by atoms with E-state index in [1.165, 1.54) is 22.2 Å². The third-order valence-corrected chi connectivity index (χ3v) is 6.12. The van der Waals surface area contributed by atoms with E-state index in [1.807, 2.05) is 51.1 Å². The number of H-pyrrole nitrogens is 1. The maximum absolute atomic E-state index is 11.6. The number of aliphatic carboxylic acids is 1. The number of aryl methyl sites for hydroxylation is 3. The number of hydrogen-bond acceptors (Lipinski definition) is 7. The van der Waals surface area contributed by atoms with E-state index < -0.39 is 5.97 Å². The zero-order chi connectivity index (χ0) is 28.2. The number of rotatable bonds is 6. The number of aromatic nitrogens is 1. The normalized spacial score (nSPS) is 12.5. The van der Waals surface area contributed by atoms with Crippen molar-refractivity contribution in [1.29, 1.82) is 0 Å². The molecule has 0 aliphatic carbocycles. The van der Waals surface area contributed by atoms with Gasteiger partial charge in [0.1, 0.15) is 12.4 Å². The molecule has 1 aromatic heterocycles. The number of fused-ring (bicyclic) bond motifs is 1. The van der Waals surface area contributed by atoms with E-state index in [0.717, 1.165) is 47.0 Å². The van der Waals surface area contributed by atoms with Crippen LogP contribution in [0.1, 0.15) is 48.2 Å². The third kappa shape index (κ3) is 8.93. The number of ether oxygens (including phenoxy) is 1. The van der Waals surface area contributed by atoms with Crippen molar-refractivity contribution >= 4 is 17.3 Å². The van der Waals surface area contributed by atoms with Gasteiger partial charge in [0.2, 0.25) is 5.56 Å². The zero-order valence-corrected chi connectivity index (χ0v) is 23.1. The van der Waals surface area contributed by atoms with Crippen LogP contribution in [0, 0.1) is 13.8 Å². The first kappa shape index (κ1) is 30.4. The fourth-order valence-electron chi connectivity index (χ4n) is 3.99. The first-order valence-corrected chi connectivity index (χ1v) is 12.8. The predicted molar refractivity (Wildman–Crippen MR) is 153 cm³/mol. The number of aromatic amines is 1. The summed E-state index contributed by atoms with van der Waals surface area (Å²) in [6.07, 6.45) is 0.663. The van der Waals surface area contributed by atoms with Crippen LogP contribution in [0.15, 0.2) is 53.3 Å². The summed E-state index contributed by atoms with van der Waals surface area (Å²) in [7, 11) is 1.77. The van der Waals surface area contributed by atoms with E-state index in [2.05, 4.69) is 22.9 Å². The maximum Gasteiger partial charge on any atom is 0.303 e. The van der Waals surface area contributed by atoms with Gasteiger partial charge in [-0.25, -0.2) is 5.84 Å². The molecule has 1 aliphatic rings. The Labute approximate surface area is 225 Å². The van der Waals surface area contributed by atoms with E-state index >= 15 is 0 Å². The number of pyridine rings is 1. The molecule has 206 valence electrons. The molecule has 0 fully saturated rings. The lowest BCUT2D eigenvalue weighted by atomic mass is 10.0. The number of carbonyl (C=O) groups is 1. The minimum absolute atomic E-state index is 0.129. The quantitative estimate of drug-likeness (QED) is 0.216. The molecule has 4 rings (SSSR count). The number of hydrazine groups is 1. The maximum atomic E-state index is 11.6. The number of carboxylic acid groups (broad SMARTS) is 1. The average molecular weight is 524 g/mol. The highest BCUT2D eigenvalue weighted by molar-refractivity contribution is 5.69. The van der Waals surface area contributed by atoms with Gasteiger partial charge in [-0.15, -0.1) is 0 Å². The molecule has 3 aromatic rings. The molecule has 38 heavy (non-hydrogen) atoms. The van der Waals surface area contributed by atoms with E-state index in [0.29, 0.717) is 19.6 Å². The predicted octanol–water partition coefficient (Wildman–Crippen LogP) is 4.01. The summed E-state index contributed by atoms with van der Waals surface area (Å²) in [6, 6.07) is 15.1. The molecule has 6 N–H and O–H groups in total. The summed E-state index contributed by atoms with van der Waals surface area (Å²) >= 11 is 0. The Morgan fingerprint density at radius 1 is 1.13 bits per heavy atom. The lowest BCUT2D eigenvalue weighted by Crippen LogP contribution is -2.26. The number of nitrogens with zero attached hydrogens (tertiary/aromatic N) is 2. The van der Waals surface area contributed by atoms with Crippen molar-refractivity contribution in [1.82, 2.24) is 9.88 Å². The number of carboxylic acids is 1. The highest BCUT2D eigenvalue weighted by Crippen LogP contribution is 2.23. The number of benzene rings is 2. The van der Waals surface area contributed by atoms with E-state index in [9.17, 15) is 9.59 Å². The van der Waals surface area contributed by atoms with Crippen molar-refractivity contribution in [3.63, 3.8) is 0 Å². The molecular weight excluding hydrogens is 482 g/mol. The Balaban J connectivity index is 0.000000327. The standard InChI is InChI=1S/C19H22N2O4.C8H13N3.C2H6/c1-13-2-3-14(4-7-19(23)24)10-15(13)11-21-8-9-25-17-5-6-18(22)20-16(17)12-21;1-6-4-3-5-7(8(6)9)11(2)10;1-2/h2-3,5-6,10H,4,7-9,11-12H2,1H3,(H,20,22)(H,23,24);3-5H,9-10H2,1-2H3;1-2H3. The SMILES string of the molecule is CC.Cc1ccc(CCC(=O)O)cc1CN1CCOc2ccc(=O)[nH]c2C1.Cc1cccc(N(C)N)c1N. The number of para-hydroxylation sites is 1. The topological polar surface area (TPSA) is 138 Å². The highest BCUT2D eigenvalue weighted by Gasteiger charge is 2.17. The third-order valence-electron chi connectivity index (χ3n) is 6.12. The summed E-state index contributed by atoms with van der Waals surface area (Å²) in [5.41, 5.74) is 12.5. The van der Waals surface area contributed by atoms with Crippen molar-refractivity contribution in [2.75, 3.05) is 30.9 Å². The second-order valence-corrected chi connectivity index (χ2v) is 9.00. The molecular formula is C29H41N5O4. The van der Waals surface area contributed by atoms with Gasteiger partial charge in [0.15, 0.2) is 0 Å². The summed E-state index contributed by atoms with van der Waals surface area (Å²) in [4.78, 5) is 27.4. The molecule has 0 saturated heterocycles. The first-order valence-electron chi connectivity index (χ1n) is 12.8. The van der Waals surface area contributed by atoms with Gasteiger partial charge in [-0.05, 0) is 54.7 Å². The fraction of sp³-hybridized carbons (Fsp3) is 0.379. The molecule has 0 unspecified atom stereocenters. The molecule has 9 heteroatoms. The van der Waals surface area contributed by atoms with Crippen molar-refractivity contribution in [3.8, 4) is 5.75 Å². The Hall–Kier alpha value is -3.82. The summed E-state index contributed by atoms with van der Waals surface area (Å²) in [6.45, 7) is 10.7. The smallest absolute Gasteiger partial charge is 0.303 e. The Morgan fingerprint density at radius 3 is 2.53 bits per heavy atom. The minimum atomic E-state index is -0.785. The van der Waals surface area contributed by atoms with E-state index in [4.69, 9.17) is 21.4 Å². The monoisotopic (exact) mass is 523 g/mol. The molecule has 0 bridgehead atoms. The summed E-state index contributed by atoms with van der Waals surface area (Å²) in [5, 5.41) is 10.4. The van der Waals surface area contributed by atoms with Gasteiger partial charge in [-0.2, -0.15) is 0 Å².